The molecule has 0 saturated heterocycles. The zero-order chi connectivity index (χ0) is 13.3. The monoisotopic (exact) mass is 278 g/mol. The van der Waals surface area contributed by atoms with E-state index in [1.807, 2.05) is 0 Å². The third-order valence-corrected chi connectivity index (χ3v) is 4.77. The molecule has 1 aromatic rings. The Hall–Kier alpha value is -1.12. The van der Waals surface area contributed by atoms with Crippen LogP contribution in [0.3, 0.4) is 0 Å². The fraction of sp³-hybridized carbons (Fsp3) is 0.333. The van der Waals surface area contributed by atoms with Gasteiger partial charge in [-0.25, -0.2) is 21.6 Å². The van der Waals surface area contributed by atoms with Crippen molar-refractivity contribution in [2.75, 3.05) is 25.7 Å². The molecule has 8 heteroatoms. The van der Waals surface area contributed by atoms with Gasteiger partial charge in [0, 0.05) is 13.3 Å². The Morgan fingerprint density at radius 2 is 1.65 bits per heavy atom. The molecule has 0 bridgehead atoms. The molecule has 0 heterocycles. The highest BCUT2D eigenvalue weighted by Crippen LogP contribution is 2.24. The maximum Gasteiger partial charge on any atom is 0.242 e. The second-order valence-corrected chi connectivity index (χ2v) is 7.26. The van der Waals surface area contributed by atoms with E-state index in [1.165, 1.54) is 19.2 Å². The van der Waals surface area contributed by atoms with Crippen LogP contribution in [0.4, 0.5) is 5.69 Å². The molecule has 0 spiro atoms. The van der Waals surface area contributed by atoms with Gasteiger partial charge in [-0.15, -0.1) is 0 Å². The van der Waals surface area contributed by atoms with Crippen LogP contribution in [0.1, 0.15) is 0 Å². The van der Waals surface area contributed by atoms with Gasteiger partial charge in [0.25, 0.3) is 0 Å². The number of hydrogen-bond donors (Lipinski definition) is 2. The van der Waals surface area contributed by atoms with Crippen molar-refractivity contribution in [3.63, 3.8) is 0 Å². The van der Waals surface area contributed by atoms with Crippen molar-refractivity contribution in [2.24, 2.45) is 0 Å². The minimum Gasteiger partial charge on any atom is -0.387 e. The molecule has 0 radical (unpaired) electrons. The summed E-state index contributed by atoms with van der Waals surface area (Å²) >= 11 is 0. The molecule has 2 N–H and O–H groups in total. The van der Waals surface area contributed by atoms with Crippen LogP contribution >= 0.6 is 0 Å². The number of rotatable bonds is 4. The van der Waals surface area contributed by atoms with Crippen LogP contribution in [0.2, 0.25) is 0 Å². The maximum atomic E-state index is 11.7. The smallest absolute Gasteiger partial charge is 0.242 e. The van der Waals surface area contributed by atoms with E-state index in [4.69, 9.17) is 0 Å². The molecule has 0 saturated carbocycles. The summed E-state index contributed by atoms with van der Waals surface area (Å²) in [6.45, 7) is 0. The van der Waals surface area contributed by atoms with Crippen molar-refractivity contribution >= 4 is 25.5 Å². The lowest BCUT2D eigenvalue weighted by molar-refractivity contribution is 0.588. The first-order valence-electron chi connectivity index (χ1n) is 4.68. The Kier molecular flexibility index (Phi) is 3.80. The maximum absolute atomic E-state index is 11.7. The molecule has 96 valence electrons. The summed E-state index contributed by atoms with van der Waals surface area (Å²) in [4.78, 5) is -0.129. The Morgan fingerprint density at radius 1 is 1.06 bits per heavy atom. The molecule has 0 atom stereocenters. The van der Waals surface area contributed by atoms with Gasteiger partial charge in [0.2, 0.25) is 10.0 Å². The molecule has 0 aromatic heterocycles. The minimum atomic E-state index is -3.70. The third kappa shape index (κ3) is 2.96. The number of sulfone groups is 1. The molecule has 1 aromatic carbocycles. The molecule has 1 rings (SSSR count). The highest BCUT2D eigenvalue weighted by Gasteiger charge is 2.19. The van der Waals surface area contributed by atoms with Gasteiger partial charge in [-0.05, 0) is 25.2 Å². The van der Waals surface area contributed by atoms with Gasteiger partial charge < -0.3 is 5.32 Å². The van der Waals surface area contributed by atoms with Crippen LogP contribution in [-0.2, 0) is 19.9 Å². The van der Waals surface area contributed by atoms with Crippen molar-refractivity contribution in [1.29, 1.82) is 0 Å². The average Bonchev–Trinajstić information content (AvgIpc) is 2.27. The molecule has 6 nitrogen and oxygen atoms in total. The van der Waals surface area contributed by atoms with E-state index in [1.54, 1.807) is 7.05 Å². The fourth-order valence-electron chi connectivity index (χ4n) is 1.27. The highest BCUT2D eigenvalue weighted by molar-refractivity contribution is 7.91. The van der Waals surface area contributed by atoms with Crippen LogP contribution in [0.15, 0.2) is 28.0 Å². The first kappa shape index (κ1) is 13.9. The number of nitrogens with one attached hydrogen (secondary N) is 2. The lowest BCUT2D eigenvalue weighted by Crippen LogP contribution is -2.20. The van der Waals surface area contributed by atoms with E-state index >= 15 is 0 Å². The van der Waals surface area contributed by atoms with E-state index in [9.17, 15) is 16.8 Å². The van der Waals surface area contributed by atoms with E-state index in [0.717, 1.165) is 12.3 Å². The lowest BCUT2D eigenvalue weighted by Gasteiger charge is -2.10. The topological polar surface area (TPSA) is 92.3 Å². The standard InChI is InChI=1S/C9H14N2O4S2/c1-10-8-5-4-7(16(3,12)13)6-9(8)17(14,15)11-2/h4-6,10-11H,1-3H3. The van der Waals surface area contributed by atoms with Gasteiger partial charge in [0.15, 0.2) is 9.84 Å². The largest absolute Gasteiger partial charge is 0.387 e. The Bertz CT molecular complexity index is 620. The van der Waals surface area contributed by atoms with Crippen molar-refractivity contribution in [3.05, 3.63) is 18.2 Å². The first-order valence-corrected chi connectivity index (χ1v) is 8.05. The van der Waals surface area contributed by atoms with Gasteiger partial charge in [-0.1, -0.05) is 0 Å². The van der Waals surface area contributed by atoms with Gasteiger partial charge in [0.1, 0.15) is 4.90 Å². The average molecular weight is 278 g/mol. The quantitative estimate of drug-likeness (QED) is 0.811. The predicted molar refractivity (Wildman–Crippen MR) is 65.3 cm³/mol. The Labute approximate surface area is 101 Å². The second kappa shape index (κ2) is 4.63. The molecule has 0 aliphatic rings. The number of benzene rings is 1. The van der Waals surface area contributed by atoms with E-state index in [2.05, 4.69) is 10.0 Å². The second-order valence-electron chi connectivity index (χ2n) is 3.39. The SMILES string of the molecule is CNc1ccc(S(C)(=O)=O)cc1S(=O)(=O)NC. The van der Waals surface area contributed by atoms with Crippen molar-refractivity contribution in [1.82, 2.24) is 4.72 Å². The Balaban J connectivity index is 3.57. The van der Waals surface area contributed by atoms with E-state index < -0.39 is 19.9 Å². The summed E-state index contributed by atoms with van der Waals surface area (Å²) in [5, 5.41) is 2.70. The van der Waals surface area contributed by atoms with Crippen LogP contribution in [-0.4, -0.2) is 37.2 Å². The molecule has 0 fully saturated rings. The third-order valence-electron chi connectivity index (χ3n) is 2.21. The Morgan fingerprint density at radius 3 is 2.06 bits per heavy atom. The van der Waals surface area contributed by atoms with Gasteiger partial charge in [-0.3, -0.25) is 0 Å². The molecule has 0 unspecified atom stereocenters. The van der Waals surface area contributed by atoms with Crippen LogP contribution in [0.25, 0.3) is 0 Å². The van der Waals surface area contributed by atoms with Crippen molar-refractivity contribution in [2.45, 2.75) is 9.79 Å². The molecular formula is C9H14N2O4S2. The van der Waals surface area contributed by atoms with E-state index in [-0.39, 0.29) is 9.79 Å². The van der Waals surface area contributed by atoms with Gasteiger partial charge in [-0.2, -0.15) is 0 Å². The highest BCUT2D eigenvalue weighted by atomic mass is 32.2. The number of sulfonamides is 1. The molecular weight excluding hydrogens is 264 g/mol. The number of anilines is 1. The zero-order valence-corrected chi connectivity index (χ0v) is 11.3. The van der Waals surface area contributed by atoms with Gasteiger partial charge in [0.05, 0.1) is 10.6 Å². The molecule has 0 aliphatic carbocycles. The van der Waals surface area contributed by atoms with Crippen molar-refractivity contribution in [3.8, 4) is 0 Å². The molecule has 0 aliphatic heterocycles. The summed E-state index contributed by atoms with van der Waals surface area (Å²) < 4.78 is 48.3. The summed E-state index contributed by atoms with van der Waals surface area (Å²) in [7, 11) is -4.31. The minimum absolute atomic E-state index is 0.0367. The predicted octanol–water partition coefficient (Wildman–Crippen LogP) is 0.0399. The van der Waals surface area contributed by atoms with Crippen molar-refractivity contribution < 1.29 is 16.8 Å². The molecule has 17 heavy (non-hydrogen) atoms. The van der Waals surface area contributed by atoms with Crippen LogP contribution in [0.5, 0.6) is 0 Å². The van der Waals surface area contributed by atoms with Crippen LogP contribution < -0.4 is 10.0 Å². The first-order chi connectivity index (χ1) is 7.72. The normalized spacial score (nSPS) is 12.4. The number of hydrogen-bond acceptors (Lipinski definition) is 5. The molecule has 0 amide bonds. The zero-order valence-electron chi connectivity index (χ0n) is 9.68. The van der Waals surface area contributed by atoms with E-state index in [0.29, 0.717) is 5.69 Å². The van der Waals surface area contributed by atoms with Crippen LogP contribution in [0, 0.1) is 0 Å². The summed E-state index contributed by atoms with van der Waals surface area (Å²) in [6.07, 6.45) is 1.02. The summed E-state index contributed by atoms with van der Waals surface area (Å²) in [5.41, 5.74) is 0.340. The fourth-order valence-corrected chi connectivity index (χ4v) is 2.96. The summed E-state index contributed by atoms with van der Waals surface area (Å²) in [6, 6.07) is 3.91. The summed E-state index contributed by atoms with van der Waals surface area (Å²) in [5.74, 6) is 0. The lowest BCUT2D eigenvalue weighted by atomic mass is 10.3. The van der Waals surface area contributed by atoms with Gasteiger partial charge >= 0.3 is 0 Å².